The van der Waals surface area contributed by atoms with Gasteiger partial charge in [-0.2, -0.15) is 0 Å². The molecule has 0 aliphatic carbocycles. The summed E-state index contributed by atoms with van der Waals surface area (Å²) >= 11 is 0. The first kappa shape index (κ1) is 28.3. The normalized spacial score (nSPS) is 14.0. The molecule has 8 nitrogen and oxygen atoms in total. The highest BCUT2D eigenvalue weighted by molar-refractivity contribution is 6.02. The van der Waals surface area contributed by atoms with E-state index in [1.54, 1.807) is 7.11 Å². The number of anilines is 3. The number of para-hydroxylation sites is 2. The third kappa shape index (κ3) is 8.39. The fraction of sp³-hybridized carbons (Fsp3) is 0.517. The van der Waals surface area contributed by atoms with Crippen LogP contribution in [0.3, 0.4) is 0 Å². The monoisotopic (exact) mass is 509 g/mol. The maximum absolute atomic E-state index is 13.3. The smallest absolute Gasteiger partial charge is 0.253 e. The predicted molar refractivity (Wildman–Crippen MR) is 152 cm³/mol. The Kier molecular flexibility index (Phi) is 9.80. The molecule has 0 spiro atoms. The molecule has 202 valence electrons. The number of piperazine rings is 1. The van der Waals surface area contributed by atoms with Crippen LogP contribution in [0, 0.1) is 5.41 Å². The summed E-state index contributed by atoms with van der Waals surface area (Å²) in [6.07, 6.45) is 1.28. The molecule has 0 bridgehead atoms. The molecule has 2 N–H and O–H groups in total. The Labute approximate surface area is 222 Å². The van der Waals surface area contributed by atoms with Gasteiger partial charge >= 0.3 is 0 Å². The standard InChI is InChI=1S/C29H43N5O3/c1-29(2,3)21-27(35)31-22-12-13-24(23(20-22)28(36)30-14-9-15-32(4)5)33-16-18-34(19-17-33)25-10-7-8-11-26(25)37-6/h7-8,10-13,20H,9,14-19,21H2,1-6H3,(H,30,36)(H,31,35). The minimum absolute atomic E-state index is 0.0528. The van der Waals surface area contributed by atoms with E-state index in [0.717, 1.165) is 56.3 Å². The summed E-state index contributed by atoms with van der Waals surface area (Å²) in [7, 11) is 5.74. The minimum Gasteiger partial charge on any atom is -0.495 e. The summed E-state index contributed by atoms with van der Waals surface area (Å²) in [5, 5.41) is 6.05. The molecular weight excluding hydrogens is 466 g/mol. The van der Waals surface area contributed by atoms with E-state index in [0.29, 0.717) is 24.2 Å². The first-order chi connectivity index (χ1) is 17.6. The number of benzene rings is 2. The molecule has 2 amide bonds. The number of amides is 2. The van der Waals surface area contributed by atoms with Gasteiger partial charge in [-0.25, -0.2) is 0 Å². The first-order valence-corrected chi connectivity index (χ1v) is 13.1. The average Bonchev–Trinajstić information content (AvgIpc) is 2.85. The van der Waals surface area contributed by atoms with Crippen molar-refractivity contribution >= 4 is 28.9 Å². The molecule has 0 saturated carbocycles. The van der Waals surface area contributed by atoms with Gasteiger partial charge in [-0.15, -0.1) is 0 Å². The third-order valence-corrected chi connectivity index (χ3v) is 6.33. The van der Waals surface area contributed by atoms with E-state index >= 15 is 0 Å². The fourth-order valence-corrected chi connectivity index (χ4v) is 4.53. The van der Waals surface area contributed by atoms with Crippen LogP contribution in [0.25, 0.3) is 0 Å². The van der Waals surface area contributed by atoms with Gasteiger partial charge in [-0.3, -0.25) is 9.59 Å². The summed E-state index contributed by atoms with van der Waals surface area (Å²) in [6.45, 7) is 10.8. The van der Waals surface area contributed by atoms with Crippen molar-refractivity contribution in [3.05, 3.63) is 48.0 Å². The number of hydrogen-bond acceptors (Lipinski definition) is 6. The SMILES string of the molecule is COc1ccccc1N1CCN(c2ccc(NC(=O)CC(C)(C)C)cc2C(=O)NCCCN(C)C)CC1. The van der Waals surface area contributed by atoms with Gasteiger partial charge in [0.05, 0.1) is 18.4 Å². The highest BCUT2D eigenvalue weighted by Crippen LogP contribution is 2.31. The zero-order valence-electron chi connectivity index (χ0n) is 23.3. The topological polar surface area (TPSA) is 77.1 Å². The van der Waals surface area contributed by atoms with Gasteiger partial charge in [0.15, 0.2) is 0 Å². The Hall–Kier alpha value is -3.26. The molecule has 37 heavy (non-hydrogen) atoms. The number of carbonyl (C=O) groups is 2. The number of nitrogens with zero attached hydrogens (tertiary/aromatic N) is 3. The van der Waals surface area contributed by atoms with Crippen molar-refractivity contribution in [3.8, 4) is 5.75 Å². The Morgan fingerprint density at radius 3 is 2.24 bits per heavy atom. The Balaban J connectivity index is 1.77. The molecule has 1 aliphatic rings. The Morgan fingerprint density at radius 1 is 0.973 bits per heavy atom. The quantitative estimate of drug-likeness (QED) is 0.470. The van der Waals surface area contributed by atoms with E-state index < -0.39 is 0 Å². The molecule has 1 aliphatic heterocycles. The summed E-state index contributed by atoms with van der Waals surface area (Å²) in [5.41, 5.74) is 3.09. The zero-order valence-corrected chi connectivity index (χ0v) is 23.3. The van der Waals surface area contributed by atoms with Gasteiger partial charge in [0.1, 0.15) is 5.75 Å². The van der Waals surface area contributed by atoms with Crippen LogP contribution in [0.4, 0.5) is 17.1 Å². The van der Waals surface area contributed by atoms with Crippen LogP contribution in [0.15, 0.2) is 42.5 Å². The van der Waals surface area contributed by atoms with Gasteiger partial charge < -0.3 is 30.1 Å². The average molecular weight is 510 g/mol. The Morgan fingerprint density at radius 2 is 1.62 bits per heavy atom. The zero-order chi connectivity index (χ0) is 27.0. The van der Waals surface area contributed by atoms with Gasteiger partial charge in [0.25, 0.3) is 5.91 Å². The van der Waals surface area contributed by atoms with Crippen LogP contribution >= 0.6 is 0 Å². The van der Waals surface area contributed by atoms with Crippen LogP contribution in [0.5, 0.6) is 5.75 Å². The fourth-order valence-electron chi connectivity index (χ4n) is 4.53. The highest BCUT2D eigenvalue weighted by atomic mass is 16.5. The lowest BCUT2D eigenvalue weighted by Crippen LogP contribution is -2.47. The molecule has 0 atom stereocenters. The second kappa shape index (κ2) is 12.8. The summed E-state index contributed by atoms with van der Waals surface area (Å²) in [6, 6.07) is 13.7. The number of nitrogens with one attached hydrogen (secondary N) is 2. The molecule has 0 aromatic heterocycles. The second-order valence-corrected chi connectivity index (χ2v) is 11.1. The molecule has 1 fully saturated rings. The molecular formula is C29H43N5O3. The lowest BCUT2D eigenvalue weighted by molar-refractivity contribution is -0.117. The molecule has 1 heterocycles. The maximum atomic E-state index is 13.3. The summed E-state index contributed by atoms with van der Waals surface area (Å²) in [4.78, 5) is 32.5. The van der Waals surface area contributed by atoms with Crippen LogP contribution in [0.2, 0.25) is 0 Å². The van der Waals surface area contributed by atoms with Crippen molar-refractivity contribution in [2.24, 2.45) is 5.41 Å². The van der Waals surface area contributed by atoms with Gasteiger partial charge in [0, 0.05) is 50.5 Å². The van der Waals surface area contributed by atoms with E-state index in [1.165, 1.54) is 0 Å². The molecule has 8 heteroatoms. The third-order valence-electron chi connectivity index (χ3n) is 6.33. The molecule has 0 radical (unpaired) electrons. The van der Waals surface area contributed by atoms with E-state index in [2.05, 4.69) is 31.4 Å². The second-order valence-electron chi connectivity index (χ2n) is 11.1. The Bertz CT molecular complexity index is 1060. The molecule has 3 rings (SSSR count). The highest BCUT2D eigenvalue weighted by Gasteiger charge is 2.24. The van der Waals surface area contributed by atoms with Gasteiger partial charge in [-0.1, -0.05) is 32.9 Å². The van der Waals surface area contributed by atoms with Gasteiger partial charge in [0.2, 0.25) is 5.91 Å². The van der Waals surface area contributed by atoms with E-state index in [4.69, 9.17) is 4.74 Å². The van der Waals surface area contributed by atoms with Crippen molar-refractivity contribution in [2.45, 2.75) is 33.6 Å². The summed E-state index contributed by atoms with van der Waals surface area (Å²) in [5.74, 6) is 0.694. The number of ether oxygens (including phenoxy) is 1. The van der Waals surface area contributed by atoms with Crippen LogP contribution in [-0.2, 0) is 4.79 Å². The lowest BCUT2D eigenvalue weighted by atomic mass is 9.92. The lowest BCUT2D eigenvalue weighted by Gasteiger charge is -2.38. The maximum Gasteiger partial charge on any atom is 0.253 e. The largest absolute Gasteiger partial charge is 0.495 e. The minimum atomic E-state index is -0.118. The van der Waals surface area contributed by atoms with Crippen LogP contribution in [0.1, 0.15) is 44.0 Å². The van der Waals surface area contributed by atoms with Crippen LogP contribution in [-0.4, -0.2) is 77.2 Å². The summed E-state index contributed by atoms with van der Waals surface area (Å²) < 4.78 is 5.55. The number of hydrogen-bond donors (Lipinski definition) is 2. The van der Waals surface area contributed by atoms with Crippen molar-refractivity contribution in [3.63, 3.8) is 0 Å². The van der Waals surface area contributed by atoms with Gasteiger partial charge in [-0.05, 0) is 62.8 Å². The van der Waals surface area contributed by atoms with Crippen LogP contribution < -0.4 is 25.2 Å². The van der Waals surface area contributed by atoms with Crippen molar-refractivity contribution in [2.75, 3.05) is 75.6 Å². The van der Waals surface area contributed by atoms with E-state index in [1.807, 2.05) is 71.3 Å². The number of methoxy groups -OCH3 is 1. The molecule has 1 saturated heterocycles. The van der Waals surface area contributed by atoms with E-state index in [-0.39, 0.29) is 17.2 Å². The van der Waals surface area contributed by atoms with E-state index in [9.17, 15) is 9.59 Å². The predicted octanol–water partition coefficient (Wildman–Crippen LogP) is 4.08. The van der Waals surface area contributed by atoms with Crippen molar-refractivity contribution in [1.29, 1.82) is 0 Å². The molecule has 2 aromatic carbocycles. The number of carbonyl (C=O) groups excluding carboxylic acids is 2. The molecule has 2 aromatic rings. The molecule has 0 unspecified atom stereocenters. The first-order valence-electron chi connectivity index (χ1n) is 13.1. The number of rotatable bonds is 10. The van der Waals surface area contributed by atoms with Crippen molar-refractivity contribution in [1.82, 2.24) is 10.2 Å². The van der Waals surface area contributed by atoms with Crippen molar-refractivity contribution < 1.29 is 14.3 Å².